The van der Waals surface area contributed by atoms with Crippen LogP contribution in [0.5, 0.6) is 0 Å². The molecule has 0 aliphatic rings. The van der Waals surface area contributed by atoms with Gasteiger partial charge in [-0.3, -0.25) is 4.79 Å². The van der Waals surface area contributed by atoms with Crippen molar-refractivity contribution in [1.82, 2.24) is 10.3 Å². The topological polar surface area (TPSA) is 75.4 Å². The molecule has 2 atom stereocenters. The molecule has 6 heteroatoms. The highest BCUT2D eigenvalue weighted by Crippen LogP contribution is 2.27. The predicted octanol–water partition coefficient (Wildman–Crippen LogP) is 2.93. The minimum atomic E-state index is -0.947. The summed E-state index contributed by atoms with van der Waals surface area (Å²) in [4.78, 5) is 17.1. The van der Waals surface area contributed by atoms with Crippen molar-refractivity contribution in [1.29, 1.82) is 0 Å². The van der Waals surface area contributed by atoms with Gasteiger partial charge in [-0.25, -0.2) is 4.98 Å². The Morgan fingerprint density at radius 2 is 2.38 bits per heavy atom. The van der Waals surface area contributed by atoms with Crippen molar-refractivity contribution in [3.8, 4) is 10.6 Å². The molecule has 0 spiro atoms. The molecule has 0 saturated carbocycles. The van der Waals surface area contributed by atoms with Crippen molar-refractivity contribution in [2.45, 2.75) is 32.8 Å². The Labute approximate surface area is 128 Å². The summed E-state index contributed by atoms with van der Waals surface area (Å²) >= 11 is 1.48. The van der Waals surface area contributed by atoms with E-state index in [4.69, 9.17) is 4.42 Å². The van der Waals surface area contributed by atoms with Gasteiger partial charge in [0, 0.05) is 6.54 Å². The van der Waals surface area contributed by atoms with Gasteiger partial charge in [-0.05, 0) is 24.3 Å². The summed E-state index contributed by atoms with van der Waals surface area (Å²) in [6.45, 7) is 5.87. The Balaban J connectivity index is 2.07. The zero-order valence-electron chi connectivity index (χ0n) is 12.4. The lowest BCUT2D eigenvalue weighted by atomic mass is 9.88. The molecule has 1 amide bonds. The van der Waals surface area contributed by atoms with E-state index < -0.39 is 5.60 Å². The number of thiophene rings is 1. The Hall–Kier alpha value is -1.66. The highest BCUT2D eigenvalue weighted by atomic mass is 32.1. The number of carbonyl (C=O) groups excluding carboxylic acids is 1. The van der Waals surface area contributed by atoms with Crippen LogP contribution in [0.15, 0.2) is 28.3 Å². The molecule has 0 aliphatic carbocycles. The van der Waals surface area contributed by atoms with E-state index in [1.165, 1.54) is 17.7 Å². The third kappa shape index (κ3) is 3.51. The van der Waals surface area contributed by atoms with Gasteiger partial charge >= 0.3 is 0 Å². The first-order valence-corrected chi connectivity index (χ1v) is 7.81. The number of amides is 1. The number of aromatic nitrogens is 1. The van der Waals surface area contributed by atoms with E-state index in [9.17, 15) is 9.90 Å². The Kier molecular flexibility index (Phi) is 4.80. The van der Waals surface area contributed by atoms with E-state index in [1.807, 2.05) is 31.4 Å². The minimum absolute atomic E-state index is 0.0897. The van der Waals surface area contributed by atoms with Crippen LogP contribution in [0.25, 0.3) is 10.6 Å². The molecular weight excluding hydrogens is 288 g/mol. The third-order valence-corrected chi connectivity index (χ3v) is 4.68. The van der Waals surface area contributed by atoms with E-state index in [0.29, 0.717) is 5.76 Å². The predicted molar refractivity (Wildman–Crippen MR) is 82.2 cm³/mol. The van der Waals surface area contributed by atoms with Crippen LogP contribution in [0.1, 0.15) is 37.7 Å². The summed E-state index contributed by atoms with van der Waals surface area (Å²) in [5.41, 5.74) is -0.700. The fraction of sp³-hybridized carbons (Fsp3) is 0.467. The molecular formula is C15H20N2O3S. The minimum Gasteiger partial charge on any atom is -0.442 e. The number of aliphatic hydroxyl groups is 1. The first-order chi connectivity index (χ1) is 9.95. The van der Waals surface area contributed by atoms with Crippen LogP contribution in [-0.2, 0) is 0 Å². The fourth-order valence-electron chi connectivity index (χ4n) is 1.95. The number of carbonyl (C=O) groups is 1. The second-order valence-electron chi connectivity index (χ2n) is 5.36. The van der Waals surface area contributed by atoms with Gasteiger partial charge < -0.3 is 14.8 Å². The van der Waals surface area contributed by atoms with Gasteiger partial charge in [0.1, 0.15) is 0 Å². The summed E-state index contributed by atoms with van der Waals surface area (Å²) < 4.78 is 5.31. The molecule has 0 radical (unpaired) electrons. The Morgan fingerprint density at radius 3 is 3.00 bits per heavy atom. The standard InChI is InChI=1S/C15H20N2O3S/c1-4-10(2)15(3,19)8-16-14(18)12-13(20-9-17-12)11-6-5-7-21-11/h5-7,9-10,19H,4,8H2,1-3H3,(H,16,18). The second kappa shape index (κ2) is 6.41. The molecule has 0 aromatic carbocycles. The zero-order valence-corrected chi connectivity index (χ0v) is 13.2. The average molecular weight is 308 g/mol. The molecule has 0 aliphatic heterocycles. The maximum atomic E-state index is 12.2. The second-order valence-corrected chi connectivity index (χ2v) is 6.30. The lowest BCUT2D eigenvalue weighted by Crippen LogP contribution is -2.45. The Bertz CT molecular complexity index is 590. The summed E-state index contributed by atoms with van der Waals surface area (Å²) in [5, 5.41) is 15.0. The van der Waals surface area contributed by atoms with Gasteiger partial charge in [-0.2, -0.15) is 0 Å². The molecule has 0 bridgehead atoms. The highest BCUT2D eigenvalue weighted by molar-refractivity contribution is 7.13. The van der Waals surface area contributed by atoms with Crippen LogP contribution in [0.4, 0.5) is 0 Å². The number of oxazole rings is 1. The van der Waals surface area contributed by atoms with Crippen molar-refractivity contribution in [3.05, 3.63) is 29.6 Å². The largest absolute Gasteiger partial charge is 0.442 e. The van der Waals surface area contributed by atoms with E-state index in [-0.39, 0.29) is 24.1 Å². The van der Waals surface area contributed by atoms with Crippen LogP contribution >= 0.6 is 11.3 Å². The van der Waals surface area contributed by atoms with Crippen LogP contribution in [0.3, 0.4) is 0 Å². The quantitative estimate of drug-likeness (QED) is 0.860. The van der Waals surface area contributed by atoms with Crippen LogP contribution in [0, 0.1) is 5.92 Å². The van der Waals surface area contributed by atoms with Crippen molar-refractivity contribution >= 4 is 17.2 Å². The lowest BCUT2D eigenvalue weighted by Gasteiger charge is -2.29. The first-order valence-electron chi connectivity index (χ1n) is 6.93. The SMILES string of the molecule is CCC(C)C(C)(O)CNC(=O)c1ncoc1-c1cccs1. The van der Waals surface area contributed by atoms with Crippen molar-refractivity contribution < 1.29 is 14.3 Å². The summed E-state index contributed by atoms with van der Waals surface area (Å²) in [5.74, 6) is 0.216. The molecule has 0 saturated heterocycles. The summed E-state index contributed by atoms with van der Waals surface area (Å²) in [6, 6.07) is 3.76. The van der Waals surface area contributed by atoms with Crippen LogP contribution in [-0.4, -0.2) is 28.1 Å². The molecule has 2 unspecified atom stereocenters. The summed E-state index contributed by atoms with van der Waals surface area (Å²) in [7, 11) is 0. The van der Waals surface area contributed by atoms with E-state index >= 15 is 0 Å². The average Bonchev–Trinajstić information content (AvgIpc) is 3.13. The fourth-order valence-corrected chi connectivity index (χ4v) is 2.66. The molecule has 0 fully saturated rings. The van der Waals surface area contributed by atoms with Crippen molar-refractivity contribution in [2.75, 3.05) is 6.54 Å². The molecule has 5 nitrogen and oxygen atoms in total. The third-order valence-electron chi connectivity index (χ3n) is 3.81. The summed E-state index contributed by atoms with van der Waals surface area (Å²) in [6.07, 6.45) is 2.10. The van der Waals surface area contributed by atoms with Gasteiger partial charge in [0.05, 0.1) is 10.5 Å². The lowest BCUT2D eigenvalue weighted by molar-refractivity contribution is 0.00588. The zero-order chi connectivity index (χ0) is 15.5. The number of rotatable bonds is 6. The highest BCUT2D eigenvalue weighted by Gasteiger charge is 2.28. The number of hydrogen-bond donors (Lipinski definition) is 2. The van der Waals surface area contributed by atoms with Gasteiger partial charge in [0.25, 0.3) is 5.91 Å². The molecule has 2 aromatic rings. The van der Waals surface area contributed by atoms with Gasteiger partial charge in [0.2, 0.25) is 0 Å². The first kappa shape index (κ1) is 15.7. The number of hydrogen-bond acceptors (Lipinski definition) is 5. The molecule has 114 valence electrons. The maximum Gasteiger partial charge on any atom is 0.274 e. The maximum absolute atomic E-state index is 12.2. The molecule has 2 N–H and O–H groups in total. The van der Waals surface area contributed by atoms with Gasteiger partial charge in [-0.15, -0.1) is 11.3 Å². The van der Waals surface area contributed by atoms with Gasteiger partial charge in [-0.1, -0.05) is 26.3 Å². The smallest absolute Gasteiger partial charge is 0.274 e. The number of nitrogens with zero attached hydrogens (tertiary/aromatic N) is 1. The normalized spacial score (nSPS) is 15.4. The van der Waals surface area contributed by atoms with Gasteiger partial charge in [0.15, 0.2) is 17.8 Å². The molecule has 2 aromatic heterocycles. The molecule has 21 heavy (non-hydrogen) atoms. The van der Waals surface area contributed by atoms with E-state index in [1.54, 1.807) is 6.92 Å². The van der Waals surface area contributed by atoms with Crippen LogP contribution in [0.2, 0.25) is 0 Å². The molecule has 2 rings (SSSR count). The Morgan fingerprint density at radius 1 is 1.62 bits per heavy atom. The number of nitrogens with one attached hydrogen (secondary N) is 1. The molecule has 2 heterocycles. The van der Waals surface area contributed by atoms with Crippen molar-refractivity contribution in [2.24, 2.45) is 5.92 Å². The van der Waals surface area contributed by atoms with E-state index in [2.05, 4.69) is 10.3 Å². The van der Waals surface area contributed by atoms with Crippen LogP contribution < -0.4 is 5.32 Å². The van der Waals surface area contributed by atoms with Crippen molar-refractivity contribution in [3.63, 3.8) is 0 Å². The monoisotopic (exact) mass is 308 g/mol. The van der Waals surface area contributed by atoms with E-state index in [0.717, 1.165) is 11.3 Å².